The molecule has 4 aliphatic rings. The maximum atomic E-state index is 8.91. The van der Waals surface area contributed by atoms with Gasteiger partial charge in [0, 0.05) is 0 Å². The molecule has 4 saturated carbocycles. The number of unbranched alkanes of at least 4 members (excludes halogenated alkanes) is 8. The van der Waals surface area contributed by atoms with Gasteiger partial charge in [-0.05, 0) is 232 Å². The minimum absolute atomic E-state index is 0. The van der Waals surface area contributed by atoms with E-state index in [0.717, 1.165) is 69.6 Å². The summed E-state index contributed by atoms with van der Waals surface area (Å²) in [4.78, 5) is 0. The van der Waals surface area contributed by atoms with Crippen LogP contribution in [0.3, 0.4) is 0 Å². The van der Waals surface area contributed by atoms with E-state index < -0.39 is 0 Å². The lowest BCUT2D eigenvalue weighted by Crippen LogP contribution is -2.13. The first-order valence-corrected chi connectivity index (χ1v) is 33.4. The summed E-state index contributed by atoms with van der Waals surface area (Å²) >= 11 is 0. The Hall–Kier alpha value is -5.94. The number of rotatable bonds is 21. The zero-order valence-electron chi connectivity index (χ0n) is 51.6. The average Bonchev–Trinajstić information content (AvgIpc) is 3.72. The van der Waals surface area contributed by atoms with Crippen LogP contribution < -0.4 is 0 Å². The summed E-state index contributed by atoms with van der Waals surface area (Å²) in [5, 5.41) is 35.4. The van der Waals surface area contributed by atoms with Crippen LogP contribution in [0, 0.1) is 69.0 Å². The molecule has 5 aromatic carbocycles. The molecule has 0 atom stereocenters. The molecule has 0 amide bonds. The van der Waals surface area contributed by atoms with Crippen molar-refractivity contribution < 1.29 is 0 Å². The van der Waals surface area contributed by atoms with Gasteiger partial charge in [0.05, 0.1) is 46.5 Å². The number of benzene rings is 5. The van der Waals surface area contributed by atoms with Gasteiger partial charge in [0.1, 0.15) is 0 Å². The molecule has 5 aromatic rings. The minimum Gasteiger partial charge on any atom is -0.192 e. The quantitative estimate of drug-likeness (QED) is 0.0684. The molecule has 0 aliphatic heterocycles. The number of hydrogen-bond acceptors (Lipinski definition) is 4. The van der Waals surface area contributed by atoms with Crippen LogP contribution in [0.25, 0.3) is 11.1 Å². The van der Waals surface area contributed by atoms with Crippen molar-refractivity contribution in [3.05, 3.63) is 166 Å². The fourth-order valence-corrected chi connectivity index (χ4v) is 14.1. The molecule has 4 aliphatic carbocycles. The summed E-state index contributed by atoms with van der Waals surface area (Å²) in [6.45, 7) is 9.14. The van der Waals surface area contributed by atoms with Crippen LogP contribution in [0.4, 0.5) is 0 Å². The third-order valence-corrected chi connectivity index (χ3v) is 19.5. The molecule has 0 N–H and O–H groups in total. The van der Waals surface area contributed by atoms with E-state index in [1.54, 1.807) is 0 Å². The Kier molecular flexibility index (Phi) is 39.4. The average molecular weight is 1160 g/mol. The van der Waals surface area contributed by atoms with Crippen molar-refractivity contribution >= 4 is 0 Å². The molecular weight excluding hydrogens is 1040 g/mol. The van der Waals surface area contributed by atoms with E-state index in [0.29, 0.717) is 0 Å². The highest BCUT2D eigenvalue weighted by atomic mass is 14.3. The van der Waals surface area contributed by atoms with Gasteiger partial charge >= 0.3 is 0 Å². The molecule has 0 radical (unpaired) electrons. The van der Waals surface area contributed by atoms with Crippen molar-refractivity contribution in [3.63, 3.8) is 0 Å². The summed E-state index contributed by atoms with van der Waals surface area (Å²) in [6, 6.07) is 50.4. The van der Waals surface area contributed by atoms with Gasteiger partial charge in [-0.25, -0.2) is 0 Å². The lowest BCUT2D eigenvalue weighted by molar-refractivity contribution is 0.302. The zero-order chi connectivity index (χ0) is 58.0. The molecule has 0 saturated heterocycles. The maximum Gasteiger partial charge on any atom is 0.0991 e. The van der Waals surface area contributed by atoms with Crippen molar-refractivity contribution in [2.24, 2.45) is 23.7 Å². The van der Waals surface area contributed by atoms with Gasteiger partial charge in [-0.3, -0.25) is 0 Å². The number of hydrogen-bond donors (Lipinski definition) is 0. The highest BCUT2D eigenvalue weighted by Gasteiger charge is 2.25. The molecule has 0 aromatic heterocycles. The Morgan fingerprint density at radius 1 is 0.256 bits per heavy atom. The molecule has 0 heterocycles. The second-order valence-electron chi connectivity index (χ2n) is 25.4. The molecule has 4 heteroatoms. The molecule has 9 rings (SSSR count). The Balaban J connectivity index is 0.000000389. The van der Waals surface area contributed by atoms with Crippen LogP contribution in [0.2, 0.25) is 0 Å². The first kappa shape index (κ1) is 76.2. The largest absolute Gasteiger partial charge is 0.192 e. The van der Waals surface area contributed by atoms with Crippen molar-refractivity contribution in [1.82, 2.24) is 0 Å². The van der Waals surface area contributed by atoms with E-state index in [1.807, 2.05) is 60.7 Å². The summed E-state index contributed by atoms with van der Waals surface area (Å²) in [7, 11) is 0. The Morgan fingerprint density at radius 2 is 0.465 bits per heavy atom. The smallest absolute Gasteiger partial charge is 0.0991 e. The Bertz CT molecular complexity index is 2640. The highest BCUT2D eigenvalue weighted by molar-refractivity contribution is 5.64. The second-order valence-corrected chi connectivity index (χ2v) is 25.4. The molecule has 4 fully saturated rings. The summed E-state index contributed by atoms with van der Waals surface area (Å²) in [5.74, 6) is 6.83. The van der Waals surface area contributed by atoms with Gasteiger partial charge in [-0.2, -0.15) is 21.0 Å². The van der Waals surface area contributed by atoms with Crippen LogP contribution in [-0.4, -0.2) is 0 Å². The molecule has 0 bridgehead atoms. The van der Waals surface area contributed by atoms with Crippen molar-refractivity contribution in [3.8, 4) is 35.4 Å². The van der Waals surface area contributed by atoms with Gasteiger partial charge in [0.25, 0.3) is 0 Å². The predicted molar refractivity (Wildman–Crippen MR) is 372 cm³/mol. The summed E-state index contributed by atoms with van der Waals surface area (Å²) < 4.78 is 0. The molecule has 0 unspecified atom stereocenters. The van der Waals surface area contributed by atoms with E-state index in [-0.39, 0.29) is 29.7 Å². The molecule has 86 heavy (non-hydrogen) atoms. The zero-order valence-corrected chi connectivity index (χ0v) is 51.6. The van der Waals surface area contributed by atoms with Crippen LogP contribution >= 0.6 is 0 Å². The van der Waals surface area contributed by atoms with Crippen molar-refractivity contribution in [1.29, 1.82) is 21.0 Å². The monoisotopic (exact) mass is 1160 g/mol. The van der Waals surface area contributed by atoms with Gasteiger partial charge in [-0.15, -0.1) is 0 Å². The van der Waals surface area contributed by atoms with E-state index in [4.69, 9.17) is 21.0 Å². The third-order valence-electron chi connectivity index (χ3n) is 19.5. The Labute approximate surface area is 529 Å². The van der Waals surface area contributed by atoms with E-state index >= 15 is 0 Å². The highest BCUT2D eigenvalue weighted by Crippen LogP contribution is 2.41. The SMILES string of the molecule is C.C.C.C.CCCC1CCC(c2ccc(C#N)cc2)CC1.CCCCCC1CCC(c2ccc(-c3ccc(C#N)cc3)cc2)CC1.CCCCCC1CCC(c2ccc(C#N)cc2)CC1.CCCCCCCC1CCC(c2ccc(C#N)cc2)CC1. The maximum absolute atomic E-state index is 8.91. The summed E-state index contributed by atoms with van der Waals surface area (Å²) in [6.07, 6.45) is 44.3. The lowest BCUT2D eigenvalue weighted by atomic mass is 9.77. The number of nitrogens with zero attached hydrogens (tertiary/aromatic N) is 4. The van der Waals surface area contributed by atoms with Crippen LogP contribution in [0.1, 0.15) is 331 Å². The van der Waals surface area contributed by atoms with Gasteiger partial charge < -0.3 is 0 Å². The van der Waals surface area contributed by atoms with Crippen LogP contribution in [-0.2, 0) is 0 Å². The lowest BCUT2D eigenvalue weighted by Gasteiger charge is -2.29. The van der Waals surface area contributed by atoms with Gasteiger partial charge in [-0.1, -0.05) is 233 Å². The standard InChI is InChI=1S/C24H29N.C20H29N.C18H25N.C16H21N.4CH4/c1-2-3-4-5-19-6-10-21(11-7-19)23-14-16-24(17-15-23)22-12-8-20(18-25)9-13-22;1-2-3-4-5-6-7-17-8-12-19(13-9-17)20-14-10-18(16-21)11-15-20;1-2-3-4-5-15-6-10-17(11-7-15)18-12-8-16(14-19)9-13-18;1-2-3-13-4-8-15(9-5-13)16-10-6-14(12-17)7-11-16;;;;/h8-9,12-17,19,21H,2-7,10-11H2,1H3;10-11,14-15,17,19H,2-9,12-13H2,1H3;8-9,12-13,15,17H,2-7,10-11H2,1H3;6-7,10-11,13,15H,2-5,8-9H2,1H3;4*1H4. The first-order chi connectivity index (χ1) is 40.3. The fraction of sp³-hybridized carbons (Fsp3) is 0.585. The normalized spacial score (nSPS) is 21.1. The first-order valence-electron chi connectivity index (χ1n) is 33.4. The fourth-order valence-electron chi connectivity index (χ4n) is 14.1. The van der Waals surface area contributed by atoms with Gasteiger partial charge in [0.2, 0.25) is 0 Å². The minimum atomic E-state index is 0. The van der Waals surface area contributed by atoms with E-state index in [9.17, 15) is 0 Å². The van der Waals surface area contributed by atoms with E-state index in [2.05, 4.69) is 113 Å². The van der Waals surface area contributed by atoms with Crippen molar-refractivity contribution in [2.45, 2.75) is 287 Å². The van der Waals surface area contributed by atoms with Crippen molar-refractivity contribution in [2.75, 3.05) is 0 Å². The molecule has 4 nitrogen and oxygen atoms in total. The van der Waals surface area contributed by atoms with Gasteiger partial charge in [0.15, 0.2) is 0 Å². The molecule has 468 valence electrons. The van der Waals surface area contributed by atoms with E-state index in [1.165, 1.54) is 239 Å². The number of nitriles is 4. The second kappa shape index (κ2) is 44.5. The van der Waals surface area contributed by atoms with Crippen LogP contribution in [0.5, 0.6) is 0 Å². The summed E-state index contributed by atoms with van der Waals surface area (Å²) in [5.41, 5.74) is 11.3. The van der Waals surface area contributed by atoms with Crippen LogP contribution in [0.15, 0.2) is 121 Å². The Morgan fingerprint density at radius 3 is 0.721 bits per heavy atom. The topological polar surface area (TPSA) is 95.2 Å². The third kappa shape index (κ3) is 26.6. The molecule has 0 spiro atoms. The predicted octanol–water partition coefficient (Wildman–Crippen LogP) is 25.9. The molecular formula is C82H120N4.